The molecule has 1 aromatic carbocycles. The molecule has 2 rings (SSSR count). The number of furan rings is 1. The van der Waals surface area contributed by atoms with Crippen LogP contribution < -0.4 is 10.6 Å². The lowest BCUT2D eigenvalue weighted by molar-refractivity contribution is -0.116. The van der Waals surface area contributed by atoms with Gasteiger partial charge in [0.25, 0.3) is 5.91 Å². The highest BCUT2D eigenvalue weighted by Crippen LogP contribution is 2.17. The first-order valence-corrected chi connectivity index (χ1v) is 11.9. The monoisotopic (exact) mass is 426 g/mol. The van der Waals surface area contributed by atoms with Crippen molar-refractivity contribution < 1.29 is 14.0 Å². The third-order valence-corrected chi connectivity index (χ3v) is 5.46. The summed E-state index contributed by atoms with van der Waals surface area (Å²) in [6, 6.07) is 10.7. The second-order valence-corrected chi connectivity index (χ2v) is 8.14. The Morgan fingerprint density at radius 2 is 1.45 bits per heavy atom. The van der Waals surface area contributed by atoms with Crippen molar-refractivity contribution >= 4 is 17.5 Å². The van der Waals surface area contributed by atoms with E-state index in [9.17, 15) is 9.59 Å². The molecular weight excluding hydrogens is 388 g/mol. The first-order chi connectivity index (χ1) is 15.2. The molecule has 0 saturated heterocycles. The number of nitrogens with one attached hydrogen (secondary N) is 2. The molecule has 2 amide bonds. The van der Waals surface area contributed by atoms with Crippen LogP contribution in [0.1, 0.15) is 100 Å². The van der Waals surface area contributed by atoms with Crippen molar-refractivity contribution in [3.05, 3.63) is 54.0 Å². The first kappa shape index (κ1) is 24.7. The summed E-state index contributed by atoms with van der Waals surface area (Å²) in [6.07, 6.45) is 15.9. The number of rotatable bonds is 16. The Morgan fingerprint density at radius 1 is 0.806 bits per heavy atom. The van der Waals surface area contributed by atoms with Crippen molar-refractivity contribution in [1.29, 1.82) is 0 Å². The minimum Gasteiger partial charge on any atom is -0.467 e. The van der Waals surface area contributed by atoms with Crippen LogP contribution in [0.15, 0.2) is 47.1 Å². The number of benzene rings is 1. The Bertz CT molecular complexity index is 756. The third kappa shape index (κ3) is 10.3. The van der Waals surface area contributed by atoms with Crippen LogP contribution in [-0.4, -0.2) is 11.8 Å². The van der Waals surface area contributed by atoms with E-state index in [1.54, 1.807) is 30.5 Å². The van der Waals surface area contributed by atoms with Crippen LogP contribution in [0.3, 0.4) is 0 Å². The molecule has 1 heterocycles. The summed E-state index contributed by atoms with van der Waals surface area (Å²) >= 11 is 0. The maximum Gasteiger partial charge on any atom is 0.253 e. The van der Waals surface area contributed by atoms with Gasteiger partial charge in [0.1, 0.15) is 5.76 Å². The van der Waals surface area contributed by atoms with E-state index in [0.717, 1.165) is 12.8 Å². The van der Waals surface area contributed by atoms with Gasteiger partial charge in [0.05, 0.1) is 24.1 Å². The van der Waals surface area contributed by atoms with Gasteiger partial charge in [0.15, 0.2) is 0 Å². The minimum absolute atomic E-state index is 0.0396. The highest BCUT2D eigenvalue weighted by molar-refractivity contribution is 6.03. The number of unbranched alkanes of at least 4 members (excludes halogenated alkanes) is 10. The number of para-hydroxylation sites is 1. The second-order valence-electron chi connectivity index (χ2n) is 8.14. The van der Waals surface area contributed by atoms with Gasteiger partial charge in [-0.05, 0) is 30.7 Å². The smallest absolute Gasteiger partial charge is 0.253 e. The Morgan fingerprint density at radius 3 is 2.10 bits per heavy atom. The summed E-state index contributed by atoms with van der Waals surface area (Å²) in [5.74, 6) is 0.413. The fraction of sp³-hybridized carbons (Fsp3) is 0.538. The molecule has 170 valence electrons. The average molecular weight is 427 g/mol. The highest BCUT2D eigenvalue weighted by Gasteiger charge is 2.13. The number of carbonyl (C=O) groups is 2. The Kier molecular flexibility index (Phi) is 12.2. The van der Waals surface area contributed by atoms with Crippen LogP contribution in [0.2, 0.25) is 0 Å². The van der Waals surface area contributed by atoms with Crippen molar-refractivity contribution in [2.75, 3.05) is 5.32 Å². The van der Waals surface area contributed by atoms with E-state index in [-0.39, 0.29) is 11.8 Å². The van der Waals surface area contributed by atoms with Crippen LogP contribution >= 0.6 is 0 Å². The molecule has 0 bridgehead atoms. The van der Waals surface area contributed by atoms with Crippen LogP contribution in [0, 0.1) is 0 Å². The zero-order valence-electron chi connectivity index (χ0n) is 19.0. The summed E-state index contributed by atoms with van der Waals surface area (Å²) in [7, 11) is 0. The molecule has 0 radical (unpaired) electrons. The molecule has 0 fully saturated rings. The molecule has 31 heavy (non-hydrogen) atoms. The average Bonchev–Trinajstić information content (AvgIpc) is 3.30. The molecule has 0 saturated carbocycles. The first-order valence-electron chi connectivity index (χ1n) is 11.9. The van der Waals surface area contributed by atoms with E-state index in [1.807, 2.05) is 12.1 Å². The van der Waals surface area contributed by atoms with Gasteiger partial charge < -0.3 is 15.1 Å². The predicted octanol–water partition coefficient (Wildman–Crippen LogP) is 6.85. The number of hydrogen-bond acceptors (Lipinski definition) is 3. The summed E-state index contributed by atoms with van der Waals surface area (Å²) in [5.41, 5.74) is 1.01. The predicted molar refractivity (Wildman–Crippen MR) is 126 cm³/mol. The summed E-state index contributed by atoms with van der Waals surface area (Å²) in [4.78, 5) is 24.8. The molecule has 0 spiro atoms. The van der Waals surface area contributed by atoms with E-state index >= 15 is 0 Å². The molecule has 0 atom stereocenters. The topological polar surface area (TPSA) is 71.3 Å². The van der Waals surface area contributed by atoms with Gasteiger partial charge in [-0.1, -0.05) is 83.3 Å². The second kappa shape index (κ2) is 15.3. The van der Waals surface area contributed by atoms with Crippen LogP contribution in [-0.2, 0) is 11.3 Å². The van der Waals surface area contributed by atoms with E-state index < -0.39 is 0 Å². The van der Waals surface area contributed by atoms with Gasteiger partial charge in [0.2, 0.25) is 5.91 Å². The maximum absolute atomic E-state index is 12.5. The van der Waals surface area contributed by atoms with Crippen molar-refractivity contribution in [3.63, 3.8) is 0 Å². The molecule has 0 aliphatic carbocycles. The molecule has 1 aromatic heterocycles. The standard InChI is InChI=1S/C26H38N2O3/c1-2-3-4-5-6-7-8-9-10-11-12-19-25(29)28-24-18-14-13-17-23(24)26(30)27-21-22-16-15-20-31-22/h13-18,20H,2-12,19,21H2,1H3,(H,27,30)(H,28,29). The lowest BCUT2D eigenvalue weighted by Crippen LogP contribution is -2.24. The van der Waals surface area contributed by atoms with Crippen molar-refractivity contribution in [1.82, 2.24) is 5.32 Å². The van der Waals surface area contributed by atoms with Gasteiger partial charge in [-0.2, -0.15) is 0 Å². The quantitative estimate of drug-likeness (QED) is 0.288. The van der Waals surface area contributed by atoms with E-state index in [0.29, 0.717) is 30.0 Å². The van der Waals surface area contributed by atoms with E-state index in [4.69, 9.17) is 4.42 Å². The van der Waals surface area contributed by atoms with Crippen molar-refractivity contribution in [2.24, 2.45) is 0 Å². The van der Waals surface area contributed by atoms with Crippen molar-refractivity contribution in [3.8, 4) is 0 Å². The van der Waals surface area contributed by atoms with Gasteiger partial charge in [-0.15, -0.1) is 0 Å². The molecule has 0 aliphatic heterocycles. The van der Waals surface area contributed by atoms with Gasteiger partial charge in [-0.3, -0.25) is 9.59 Å². The highest BCUT2D eigenvalue weighted by atomic mass is 16.3. The SMILES string of the molecule is CCCCCCCCCCCCCC(=O)Nc1ccccc1C(=O)NCc1ccco1. The number of anilines is 1. The fourth-order valence-corrected chi connectivity index (χ4v) is 3.63. The zero-order valence-corrected chi connectivity index (χ0v) is 19.0. The van der Waals surface area contributed by atoms with E-state index in [2.05, 4.69) is 17.6 Å². The minimum atomic E-state index is -0.234. The number of carbonyl (C=O) groups excluding carboxylic acids is 2. The number of hydrogen-bond donors (Lipinski definition) is 2. The maximum atomic E-state index is 12.5. The fourth-order valence-electron chi connectivity index (χ4n) is 3.63. The molecule has 5 nitrogen and oxygen atoms in total. The molecule has 0 unspecified atom stereocenters. The summed E-state index contributed by atoms with van der Waals surface area (Å²) < 4.78 is 5.24. The normalized spacial score (nSPS) is 10.7. The zero-order chi connectivity index (χ0) is 22.2. The summed E-state index contributed by atoms with van der Waals surface area (Å²) in [5, 5.41) is 5.72. The molecule has 0 aliphatic rings. The molecule has 2 N–H and O–H groups in total. The third-order valence-electron chi connectivity index (χ3n) is 5.46. The Hall–Kier alpha value is -2.56. The van der Waals surface area contributed by atoms with Crippen molar-refractivity contribution in [2.45, 2.75) is 90.5 Å². The lowest BCUT2D eigenvalue weighted by Gasteiger charge is -2.11. The van der Waals surface area contributed by atoms with Gasteiger partial charge in [0, 0.05) is 6.42 Å². The molecular formula is C26H38N2O3. The van der Waals surface area contributed by atoms with Crippen LogP contribution in [0.25, 0.3) is 0 Å². The van der Waals surface area contributed by atoms with Gasteiger partial charge >= 0.3 is 0 Å². The van der Waals surface area contributed by atoms with Crippen LogP contribution in [0.5, 0.6) is 0 Å². The Labute approximate surface area is 187 Å². The summed E-state index contributed by atoms with van der Waals surface area (Å²) in [6.45, 7) is 2.56. The Balaban J connectivity index is 1.61. The number of amides is 2. The largest absolute Gasteiger partial charge is 0.467 e. The molecule has 2 aromatic rings. The van der Waals surface area contributed by atoms with Gasteiger partial charge in [-0.25, -0.2) is 0 Å². The molecule has 5 heteroatoms. The van der Waals surface area contributed by atoms with E-state index in [1.165, 1.54) is 57.8 Å². The van der Waals surface area contributed by atoms with Crippen LogP contribution in [0.4, 0.5) is 5.69 Å². The lowest BCUT2D eigenvalue weighted by atomic mass is 10.1.